The van der Waals surface area contributed by atoms with E-state index in [2.05, 4.69) is 16.0 Å². The third kappa shape index (κ3) is 3.05. The highest BCUT2D eigenvalue weighted by Crippen LogP contribution is 2.52. The zero-order valence-corrected chi connectivity index (χ0v) is 13.3. The lowest BCUT2D eigenvalue weighted by Crippen LogP contribution is -2.62. The first-order valence-corrected chi connectivity index (χ1v) is 7.50. The number of hydrogen-bond donors (Lipinski definition) is 1. The van der Waals surface area contributed by atoms with Gasteiger partial charge in [0.25, 0.3) is 0 Å². The van der Waals surface area contributed by atoms with Crippen molar-refractivity contribution >= 4 is 18.1 Å². The van der Waals surface area contributed by atoms with Gasteiger partial charge in [-0.2, -0.15) is 0 Å². The number of aromatic nitrogens is 2. The van der Waals surface area contributed by atoms with Crippen LogP contribution in [0, 0.1) is 5.41 Å². The molecule has 1 spiro atoms. The number of amides is 1. The Labute approximate surface area is 130 Å². The molecule has 2 N–H and O–H groups in total. The summed E-state index contributed by atoms with van der Waals surface area (Å²) in [6.07, 6.45) is 7.42. The Kier molecular flexibility index (Phi) is 3.34. The van der Waals surface area contributed by atoms with Crippen molar-refractivity contribution in [3.05, 3.63) is 23.5 Å². The number of allylic oxidation sites excluding steroid dienone is 1. The van der Waals surface area contributed by atoms with Crippen LogP contribution < -0.4 is 5.73 Å². The first kappa shape index (κ1) is 14.8. The number of likely N-dealkylation sites (tertiary alicyclic amines) is 1. The summed E-state index contributed by atoms with van der Waals surface area (Å²) in [5.41, 5.74) is 7.65. The van der Waals surface area contributed by atoms with Gasteiger partial charge in [-0.25, -0.2) is 14.8 Å². The van der Waals surface area contributed by atoms with E-state index in [9.17, 15) is 4.79 Å². The Morgan fingerprint density at radius 2 is 1.91 bits per heavy atom. The number of nitrogens with two attached hydrogens (primary N) is 1. The zero-order chi connectivity index (χ0) is 16.0. The summed E-state index contributed by atoms with van der Waals surface area (Å²) < 4.78 is 5.38. The van der Waals surface area contributed by atoms with Crippen LogP contribution in [0.1, 0.15) is 39.2 Å². The Hall–Kier alpha value is -2.11. The van der Waals surface area contributed by atoms with Crippen LogP contribution >= 0.6 is 0 Å². The van der Waals surface area contributed by atoms with Crippen LogP contribution in [0.3, 0.4) is 0 Å². The topological polar surface area (TPSA) is 81.3 Å². The van der Waals surface area contributed by atoms with Crippen molar-refractivity contribution in [2.75, 3.05) is 18.8 Å². The number of ether oxygens (including phenoxy) is 1. The highest BCUT2D eigenvalue weighted by molar-refractivity contribution is 5.70. The molecule has 1 saturated carbocycles. The molecular weight excluding hydrogens is 280 g/mol. The lowest BCUT2D eigenvalue weighted by molar-refractivity contribution is -0.0498. The van der Waals surface area contributed by atoms with E-state index in [1.165, 1.54) is 5.57 Å². The summed E-state index contributed by atoms with van der Waals surface area (Å²) >= 11 is 0. The second-order valence-electron chi connectivity index (χ2n) is 7.37. The Morgan fingerprint density at radius 1 is 1.32 bits per heavy atom. The zero-order valence-electron chi connectivity index (χ0n) is 13.3. The third-order valence-corrected chi connectivity index (χ3v) is 3.97. The molecule has 2 heterocycles. The van der Waals surface area contributed by atoms with E-state index in [0.29, 0.717) is 5.95 Å². The van der Waals surface area contributed by atoms with Crippen LogP contribution in [0.5, 0.6) is 0 Å². The van der Waals surface area contributed by atoms with Crippen LogP contribution in [0.2, 0.25) is 0 Å². The largest absolute Gasteiger partial charge is 0.444 e. The smallest absolute Gasteiger partial charge is 0.410 e. The van der Waals surface area contributed by atoms with E-state index >= 15 is 0 Å². The average molecular weight is 302 g/mol. The van der Waals surface area contributed by atoms with Crippen molar-refractivity contribution in [2.45, 2.75) is 39.2 Å². The van der Waals surface area contributed by atoms with E-state index in [0.717, 1.165) is 31.5 Å². The number of carbonyl (C=O) groups is 1. The number of anilines is 1. The molecule has 22 heavy (non-hydrogen) atoms. The maximum atomic E-state index is 11.9. The second-order valence-corrected chi connectivity index (χ2v) is 7.37. The number of nitrogen functional groups attached to an aromatic ring is 1. The van der Waals surface area contributed by atoms with Crippen molar-refractivity contribution in [3.63, 3.8) is 0 Å². The van der Waals surface area contributed by atoms with Gasteiger partial charge in [0, 0.05) is 36.5 Å². The fraction of sp³-hybridized carbons (Fsp3) is 0.562. The van der Waals surface area contributed by atoms with Crippen molar-refractivity contribution in [2.24, 2.45) is 5.41 Å². The number of rotatable bonds is 1. The first-order valence-electron chi connectivity index (χ1n) is 7.50. The summed E-state index contributed by atoms with van der Waals surface area (Å²) in [4.78, 5) is 21.7. The van der Waals surface area contributed by atoms with Crippen LogP contribution in [0.15, 0.2) is 18.0 Å². The molecule has 118 valence electrons. The number of carbonyl (C=O) groups excluding carboxylic acids is 1. The Bertz CT molecular complexity index is 600. The van der Waals surface area contributed by atoms with E-state index in [-0.39, 0.29) is 11.5 Å². The monoisotopic (exact) mass is 302 g/mol. The molecule has 0 bridgehead atoms. The first-order chi connectivity index (χ1) is 10.2. The lowest BCUT2D eigenvalue weighted by Gasteiger charge is -2.56. The van der Waals surface area contributed by atoms with Crippen LogP contribution in [-0.4, -0.2) is 39.7 Å². The minimum absolute atomic E-state index is 0.206. The molecule has 1 aliphatic carbocycles. The van der Waals surface area contributed by atoms with E-state index in [4.69, 9.17) is 10.5 Å². The minimum atomic E-state index is -0.431. The van der Waals surface area contributed by atoms with Crippen molar-refractivity contribution in [1.82, 2.24) is 14.9 Å². The fourth-order valence-electron chi connectivity index (χ4n) is 3.11. The summed E-state index contributed by atoms with van der Waals surface area (Å²) in [5.74, 6) is 0.291. The Morgan fingerprint density at radius 3 is 2.45 bits per heavy atom. The molecule has 2 fully saturated rings. The summed E-state index contributed by atoms with van der Waals surface area (Å²) in [7, 11) is 0. The molecule has 6 nitrogen and oxygen atoms in total. The summed E-state index contributed by atoms with van der Waals surface area (Å²) in [6, 6.07) is 0. The molecule has 1 amide bonds. The predicted octanol–water partition coefficient (Wildman–Crippen LogP) is 2.47. The van der Waals surface area contributed by atoms with Gasteiger partial charge in [-0.15, -0.1) is 0 Å². The lowest BCUT2D eigenvalue weighted by atomic mass is 9.60. The molecule has 3 rings (SSSR count). The highest BCUT2D eigenvalue weighted by Gasteiger charge is 2.52. The van der Waals surface area contributed by atoms with Gasteiger partial charge in [0.1, 0.15) is 5.60 Å². The van der Waals surface area contributed by atoms with Gasteiger partial charge >= 0.3 is 6.09 Å². The standard InChI is InChI=1S/C16H22N4O2/c1-15(2,3)22-14(21)20-9-16(10-20)5-11(6-16)4-12-7-18-13(17)19-8-12/h4,7-8H,5-6,9-10H2,1-3H3,(H2,17,18,19). The number of hydrogen-bond acceptors (Lipinski definition) is 5. The molecule has 1 aromatic heterocycles. The fourth-order valence-corrected chi connectivity index (χ4v) is 3.11. The molecule has 1 aliphatic heterocycles. The average Bonchev–Trinajstić information content (AvgIpc) is 2.30. The predicted molar refractivity (Wildman–Crippen MR) is 83.9 cm³/mol. The minimum Gasteiger partial charge on any atom is -0.444 e. The van der Waals surface area contributed by atoms with Gasteiger partial charge in [0.15, 0.2) is 0 Å². The van der Waals surface area contributed by atoms with E-state index in [1.54, 1.807) is 17.3 Å². The van der Waals surface area contributed by atoms with Crippen molar-refractivity contribution < 1.29 is 9.53 Å². The van der Waals surface area contributed by atoms with Crippen LogP contribution in [-0.2, 0) is 4.74 Å². The van der Waals surface area contributed by atoms with E-state index < -0.39 is 5.60 Å². The molecule has 1 aromatic rings. The van der Waals surface area contributed by atoms with Crippen LogP contribution in [0.25, 0.3) is 6.08 Å². The quantitative estimate of drug-likeness (QED) is 0.862. The summed E-state index contributed by atoms with van der Waals surface area (Å²) in [5, 5.41) is 0. The number of nitrogens with zero attached hydrogens (tertiary/aromatic N) is 3. The molecule has 0 radical (unpaired) electrons. The molecule has 0 unspecified atom stereocenters. The molecule has 2 aliphatic rings. The maximum absolute atomic E-state index is 11.9. The van der Waals surface area contributed by atoms with Crippen LogP contribution in [0.4, 0.5) is 10.7 Å². The van der Waals surface area contributed by atoms with Gasteiger partial charge in [-0.3, -0.25) is 0 Å². The third-order valence-electron chi connectivity index (χ3n) is 3.97. The van der Waals surface area contributed by atoms with Gasteiger partial charge in [-0.05, 0) is 33.6 Å². The molecule has 6 heteroatoms. The highest BCUT2D eigenvalue weighted by atomic mass is 16.6. The van der Waals surface area contributed by atoms with Gasteiger partial charge < -0.3 is 15.4 Å². The SMILES string of the molecule is CC(C)(C)OC(=O)N1CC2(CC(=Cc3cnc(N)nc3)C2)C1. The summed E-state index contributed by atoms with van der Waals surface area (Å²) in [6.45, 7) is 7.24. The Balaban J connectivity index is 1.50. The van der Waals surface area contributed by atoms with Gasteiger partial charge in [0.2, 0.25) is 5.95 Å². The molecule has 0 atom stereocenters. The maximum Gasteiger partial charge on any atom is 0.410 e. The van der Waals surface area contributed by atoms with Crippen molar-refractivity contribution in [3.8, 4) is 0 Å². The van der Waals surface area contributed by atoms with Crippen molar-refractivity contribution in [1.29, 1.82) is 0 Å². The second kappa shape index (κ2) is 4.97. The molecular formula is C16H22N4O2. The van der Waals surface area contributed by atoms with Gasteiger partial charge in [-0.1, -0.05) is 11.6 Å². The normalized spacial score (nSPS) is 19.4. The molecule has 1 saturated heterocycles. The van der Waals surface area contributed by atoms with E-state index in [1.807, 2.05) is 20.8 Å². The van der Waals surface area contributed by atoms with Gasteiger partial charge in [0.05, 0.1) is 0 Å². The molecule has 0 aromatic carbocycles.